The molecule has 19 heavy (non-hydrogen) atoms. The highest BCUT2D eigenvalue weighted by Gasteiger charge is 2.26. The number of thiazole rings is 1. The van der Waals surface area contributed by atoms with Crippen LogP contribution >= 0.6 is 22.9 Å². The molecule has 5 nitrogen and oxygen atoms in total. The molecule has 2 aromatic rings. The van der Waals surface area contributed by atoms with Gasteiger partial charge in [-0.3, -0.25) is 0 Å². The monoisotopic (exact) mass is 295 g/mol. The lowest BCUT2D eigenvalue weighted by atomic mass is 10.2. The fraction of sp³-hybridized carbons (Fsp3) is 0.250. The lowest BCUT2D eigenvalue weighted by molar-refractivity contribution is 0.0697. The molecule has 1 aliphatic rings. The van der Waals surface area contributed by atoms with Gasteiger partial charge in [-0.15, -0.1) is 11.3 Å². The number of nitrogens with one attached hydrogen (secondary N) is 1. The zero-order valence-electron chi connectivity index (χ0n) is 9.76. The zero-order valence-corrected chi connectivity index (χ0v) is 11.3. The van der Waals surface area contributed by atoms with E-state index < -0.39 is 5.97 Å². The average molecular weight is 296 g/mol. The first-order valence-electron chi connectivity index (χ1n) is 5.76. The number of carboxylic acid groups (broad SMARTS) is 1. The van der Waals surface area contributed by atoms with Gasteiger partial charge >= 0.3 is 5.97 Å². The van der Waals surface area contributed by atoms with Crippen LogP contribution in [0.4, 0.5) is 10.9 Å². The van der Waals surface area contributed by atoms with Gasteiger partial charge in [-0.25, -0.2) is 14.8 Å². The number of carboxylic acids is 1. The molecule has 0 spiro atoms. The van der Waals surface area contributed by atoms with Crippen LogP contribution in [-0.4, -0.2) is 21.0 Å². The highest BCUT2D eigenvalue weighted by atomic mass is 35.5. The summed E-state index contributed by atoms with van der Waals surface area (Å²) in [6, 6.07) is 2.88. The number of pyridine rings is 1. The Bertz CT molecular complexity index is 640. The van der Waals surface area contributed by atoms with Crippen molar-refractivity contribution in [2.45, 2.75) is 18.8 Å². The molecule has 1 aliphatic carbocycles. The van der Waals surface area contributed by atoms with Crippen molar-refractivity contribution in [3.05, 3.63) is 33.9 Å². The second kappa shape index (κ2) is 4.79. The van der Waals surface area contributed by atoms with E-state index in [9.17, 15) is 4.79 Å². The molecule has 2 heterocycles. The Labute approximate surface area is 118 Å². The molecule has 7 heteroatoms. The summed E-state index contributed by atoms with van der Waals surface area (Å²) in [7, 11) is 0. The lowest BCUT2D eigenvalue weighted by Crippen LogP contribution is -2.04. The Morgan fingerprint density at radius 1 is 1.42 bits per heavy atom. The predicted octanol–water partition coefficient (Wildman–Crippen LogP) is 3.51. The standard InChI is InChI=1S/C12H10ClN3O2S/c13-9-4-3-7(11(17)18)10(15-9)16-12-14-8(5-19-12)6-1-2-6/h3-6H,1-2H2,(H,17,18)(H,14,15,16). The molecular weight excluding hydrogens is 286 g/mol. The lowest BCUT2D eigenvalue weighted by Gasteiger charge is -2.05. The summed E-state index contributed by atoms with van der Waals surface area (Å²) in [5.41, 5.74) is 1.14. The predicted molar refractivity (Wildman–Crippen MR) is 73.6 cm³/mol. The largest absolute Gasteiger partial charge is 0.478 e. The van der Waals surface area contributed by atoms with E-state index in [0.717, 1.165) is 5.69 Å². The number of hydrogen-bond donors (Lipinski definition) is 2. The first-order chi connectivity index (χ1) is 9.13. The van der Waals surface area contributed by atoms with Crippen LogP contribution in [0.3, 0.4) is 0 Å². The third kappa shape index (κ3) is 2.69. The van der Waals surface area contributed by atoms with E-state index >= 15 is 0 Å². The molecule has 1 saturated carbocycles. The molecule has 0 aliphatic heterocycles. The minimum Gasteiger partial charge on any atom is -0.478 e. The second-order valence-corrected chi connectivity index (χ2v) is 5.56. The Morgan fingerprint density at radius 3 is 2.89 bits per heavy atom. The third-order valence-electron chi connectivity index (χ3n) is 2.83. The number of anilines is 2. The highest BCUT2D eigenvalue weighted by molar-refractivity contribution is 7.13. The van der Waals surface area contributed by atoms with Crippen LogP contribution in [0.25, 0.3) is 0 Å². The minimum absolute atomic E-state index is 0.0765. The van der Waals surface area contributed by atoms with Crippen molar-refractivity contribution in [3.63, 3.8) is 0 Å². The van der Waals surface area contributed by atoms with Crippen LogP contribution in [0.15, 0.2) is 17.5 Å². The summed E-state index contributed by atoms with van der Waals surface area (Å²) in [5.74, 6) is -0.264. The maximum absolute atomic E-state index is 11.1. The Hall–Kier alpha value is -1.66. The molecule has 0 radical (unpaired) electrons. The molecule has 0 atom stereocenters. The van der Waals surface area contributed by atoms with Crippen molar-refractivity contribution in [1.82, 2.24) is 9.97 Å². The normalized spacial score (nSPS) is 14.4. The van der Waals surface area contributed by atoms with Crippen LogP contribution in [0, 0.1) is 0 Å². The van der Waals surface area contributed by atoms with Crippen LogP contribution in [0.1, 0.15) is 34.8 Å². The Kier molecular flexibility index (Phi) is 3.12. The number of carbonyl (C=O) groups is 1. The van der Waals surface area contributed by atoms with E-state index in [1.807, 2.05) is 5.38 Å². The molecule has 2 aromatic heterocycles. The van der Waals surface area contributed by atoms with Crippen LogP contribution in [0.5, 0.6) is 0 Å². The van der Waals surface area contributed by atoms with E-state index in [4.69, 9.17) is 16.7 Å². The number of hydrogen-bond acceptors (Lipinski definition) is 5. The first-order valence-corrected chi connectivity index (χ1v) is 7.01. The van der Waals surface area contributed by atoms with Gasteiger partial charge in [0.2, 0.25) is 0 Å². The smallest absolute Gasteiger partial charge is 0.339 e. The van der Waals surface area contributed by atoms with E-state index in [1.54, 1.807) is 0 Å². The van der Waals surface area contributed by atoms with Crippen molar-refractivity contribution in [1.29, 1.82) is 0 Å². The topological polar surface area (TPSA) is 75.1 Å². The van der Waals surface area contributed by atoms with Crippen LogP contribution in [0.2, 0.25) is 5.15 Å². The van der Waals surface area contributed by atoms with Crippen LogP contribution < -0.4 is 5.32 Å². The summed E-state index contributed by atoms with van der Waals surface area (Å²) in [6.45, 7) is 0. The van der Waals surface area contributed by atoms with E-state index in [-0.39, 0.29) is 16.5 Å². The third-order valence-corrected chi connectivity index (χ3v) is 3.82. The molecule has 98 valence electrons. The van der Waals surface area contributed by atoms with Crippen molar-refractivity contribution in [2.24, 2.45) is 0 Å². The molecule has 0 amide bonds. The van der Waals surface area contributed by atoms with Gasteiger partial charge in [0, 0.05) is 11.3 Å². The molecule has 0 unspecified atom stereocenters. The van der Waals surface area contributed by atoms with Gasteiger partial charge in [-0.1, -0.05) is 11.6 Å². The highest BCUT2D eigenvalue weighted by Crippen LogP contribution is 2.41. The van der Waals surface area contributed by atoms with E-state index in [0.29, 0.717) is 11.0 Å². The van der Waals surface area contributed by atoms with Crippen molar-refractivity contribution >= 4 is 39.9 Å². The van der Waals surface area contributed by atoms with E-state index in [2.05, 4.69) is 15.3 Å². The summed E-state index contributed by atoms with van der Waals surface area (Å²) in [6.07, 6.45) is 2.36. The van der Waals surface area contributed by atoms with Gasteiger partial charge < -0.3 is 10.4 Å². The zero-order chi connectivity index (χ0) is 13.4. The Morgan fingerprint density at radius 2 is 2.21 bits per heavy atom. The van der Waals surface area contributed by atoms with Crippen molar-refractivity contribution in [2.75, 3.05) is 5.32 Å². The summed E-state index contributed by atoms with van der Waals surface area (Å²) in [5, 5.41) is 14.9. The van der Waals surface area contributed by atoms with Gasteiger partial charge in [0.05, 0.1) is 5.69 Å². The van der Waals surface area contributed by atoms with E-state index in [1.165, 1.54) is 36.3 Å². The molecule has 0 bridgehead atoms. The molecule has 0 aromatic carbocycles. The van der Waals surface area contributed by atoms with Gasteiger partial charge in [0.25, 0.3) is 0 Å². The maximum Gasteiger partial charge on any atom is 0.339 e. The number of nitrogens with zero attached hydrogens (tertiary/aromatic N) is 2. The summed E-state index contributed by atoms with van der Waals surface area (Å²) >= 11 is 7.23. The average Bonchev–Trinajstić information content (AvgIpc) is 3.10. The SMILES string of the molecule is O=C(O)c1ccc(Cl)nc1Nc1nc(C2CC2)cs1. The second-order valence-electron chi connectivity index (χ2n) is 4.31. The van der Waals surface area contributed by atoms with Crippen molar-refractivity contribution < 1.29 is 9.90 Å². The van der Waals surface area contributed by atoms with Crippen LogP contribution in [-0.2, 0) is 0 Å². The number of rotatable bonds is 4. The van der Waals surface area contributed by atoms with Gasteiger partial charge in [-0.2, -0.15) is 0 Å². The van der Waals surface area contributed by atoms with Gasteiger partial charge in [0.15, 0.2) is 5.13 Å². The van der Waals surface area contributed by atoms with Gasteiger partial charge in [0.1, 0.15) is 16.5 Å². The Balaban J connectivity index is 1.88. The molecule has 1 fully saturated rings. The fourth-order valence-corrected chi connectivity index (χ4v) is 2.65. The maximum atomic E-state index is 11.1. The van der Waals surface area contributed by atoms with Crippen molar-refractivity contribution in [3.8, 4) is 0 Å². The quantitative estimate of drug-likeness (QED) is 0.844. The molecule has 3 rings (SSSR count). The molecule has 2 N–H and O–H groups in total. The summed E-state index contributed by atoms with van der Waals surface area (Å²) < 4.78 is 0. The van der Waals surface area contributed by atoms with Gasteiger partial charge in [-0.05, 0) is 25.0 Å². The number of halogens is 1. The first kappa shape index (κ1) is 12.4. The fourth-order valence-electron chi connectivity index (χ4n) is 1.71. The summed E-state index contributed by atoms with van der Waals surface area (Å²) in [4.78, 5) is 19.5. The number of aromatic nitrogens is 2. The molecular formula is C12H10ClN3O2S. The minimum atomic E-state index is -1.05. The molecule has 0 saturated heterocycles. The number of aromatic carboxylic acids is 1.